The first-order valence-corrected chi connectivity index (χ1v) is 18.2. The van der Waals surface area contributed by atoms with Crippen molar-refractivity contribution in [1.29, 1.82) is 0 Å². The highest BCUT2D eigenvalue weighted by Gasteiger charge is 2.33. The lowest BCUT2D eigenvalue weighted by Crippen LogP contribution is -2.50. The van der Waals surface area contributed by atoms with Crippen LogP contribution in [0.4, 0.5) is 0 Å². The Morgan fingerprint density at radius 3 is 2.27 bits per heavy atom. The summed E-state index contributed by atoms with van der Waals surface area (Å²) in [7, 11) is -0.821. The van der Waals surface area contributed by atoms with Crippen LogP contribution >= 0.6 is 11.6 Å². The van der Waals surface area contributed by atoms with E-state index in [2.05, 4.69) is 10.2 Å². The molecule has 45 heavy (non-hydrogen) atoms. The molecule has 232 valence electrons. The molecule has 10 nitrogen and oxygen atoms in total. The summed E-state index contributed by atoms with van der Waals surface area (Å²) in [5.74, 6) is 1.80. The number of carbonyl (C=O) groups is 2. The number of ether oxygens (including phenoxy) is 1. The largest absolute Gasteiger partial charge is 0.497 e. The van der Waals surface area contributed by atoms with E-state index in [0.29, 0.717) is 59.9 Å². The molecule has 2 aliphatic rings. The second-order valence-electron chi connectivity index (χ2n) is 11.8. The lowest BCUT2D eigenvalue weighted by Gasteiger charge is -2.35. The van der Waals surface area contributed by atoms with Gasteiger partial charge in [-0.3, -0.25) is 19.1 Å². The number of rotatable bonds is 6. The lowest BCUT2D eigenvalue weighted by molar-refractivity contribution is -0.133. The fourth-order valence-corrected chi connectivity index (χ4v) is 6.94. The number of methoxy groups -OCH3 is 1. The van der Waals surface area contributed by atoms with Crippen molar-refractivity contribution < 1.29 is 19.1 Å². The van der Waals surface area contributed by atoms with Crippen LogP contribution in [0.25, 0.3) is 5.69 Å². The van der Waals surface area contributed by atoms with Crippen LogP contribution in [0, 0.1) is 6.92 Å². The molecule has 2 amide bonds. The maximum atomic E-state index is 13.8. The van der Waals surface area contributed by atoms with Gasteiger partial charge in [0, 0.05) is 47.9 Å². The zero-order valence-corrected chi connectivity index (χ0v) is 27.5. The second kappa shape index (κ2) is 12.2. The van der Waals surface area contributed by atoms with Crippen molar-refractivity contribution in [3.8, 4) is 11.4 Å². The van der Waals surface area contributed by atoms with Crippen molar-refractivity contribution >= 4 is 42.6 Å². The number of piperazine rings is 1. The molecule has 6 rings (SSSR count). The van der Waals surface area contributed by atoms with Gasteiger partial charge in [-0.05, 0) is 67.7 Å². The highest BCUT2D eigenvalue weighted by atomic mass is 35.5. The van der Waals surface area contributed by atoms with Gasteiger partial charge in [0.1, 0.15) is 17.6 Å². The van der Waals surface area contributed by atoms with Gasteiger partial charge in [-0.1, -0.05) is 35.9 Å². The van der Waals surface area contributed by atoms with Crippen LogP contribution in [-0.4, -0.2) is 88.5 Å². The number of nitrogens with zero attached hydrogens (tertiary/aromatic N) is 6. The summed E-state index contributed by atoms with van der Waals surface area (Å²) in [4.78, 5) is 46.1. The van der Waals surface area contributed by atoms with Crippen molar-refractivity contribution in [2.24, 2.45) is 4.99 Å². The molecule has 0 bridgehead atoms. The molecule has 1 unspecified atom stereocenters. The lowest BCUT2D eigenvalue weighted by atomic mass is 10.00. The molecule has 1 N–H and O–H groups in total. The first-order valence-electron chi connectivity index (χ1n) is 14.9. The number of fused-ring (bicyclic) bond motifs is 3. The minimum Gasteiger partial charge on any atom is -0.497 e. The van der Waals surface area contributed by atoms with Gasteiger partial charge < -0.3 is 19.3 Å². The Kier molecular flexibility index (Phi) is 8.34. The van der Waals surface area contributed by atoms with Gasteiger partial charge in [0.25, 0.3) is 5.91 Å². The van der Waals surface area contributed by atoms with Gasteiger partial charge in [-0.25, -0.2) is 0 Å². The molecule has 3 heterocycles. The van der Waals surface area contributed by atoms with Crippen molar-refractivity contribution in [2.75, 3.05) is 33.3 Å². The quantitative estimate of drug-likeness (QED) is 0.319. The molecule has 1 atom stereocenters. The summed E-state index contributed by atoms with van der Waals surface area (Å²) in [5, 5.41) is 10.3. The molecule has 1 aromatic heterocycles. The number of halogens is 1. The van der Waals surface area contributed by atoms with Crippen LogP contribution < -0.4 is 9.92 Å². The van der Waals surface area contributed by atoms with Gasteiger partial charge in [-0.2, -0.15) is 0 Å². The van der Waals surface area contributed by atoms with Crippen molar-refractivity contribution in [2.45, 2.75) is 32.5 Å². The smallest absolute Gasteiger partial charge is 0.253 e. The van der Waals surface area contributed by atoms with Crippen LogP contribution in [0.1, 0.15) is 45.6 Å². The Bertz CT molecular complexity index is 1770. The maximum absolute atomic E-state index is 13.8. The van der Waals surface area contributed by atoms with Gasteiger partial charge >= 0.3 is 0 Å². The van der Waals surface area contributed by atoms with Crippen molar-refractivity contribution in [3.63, 3.8) is 0 Å². The molecule has 0 aliphatic carbocycles. The van der Waals surface area contributed by atoms with Crippen LogP contribution in [0.3, 0.4) is 0 Å². The van der Waals surface area contributed by atoms with Crippen LogP contribution in [0.5, 0.6) is 5.75 Å². The fraction of sp³-hybridized carbons (Fsp3) is 0.303. The van der Waals surface area contributed by atoms with E-state index in [9.17, 15) is 14.4 Å². The summed E-state index contributed by atoms with van der Waals surface area (Å²) < 4.78 is 7.51. The van der Waals surface area contributed by atoms with E-state index in [1.165, 1.54) is 0 Å². The maximum Gasteiger partial charge on any atom is 0.253 e. The number of aromatic nitrogens is 3. The third-order valence-corrected chi connectivity index (χ3v) is 10.4. The monoisotopic (exact) mass is 642 g/mol. The molecule has 0 saturated carbocycles. The third kappa shape index (κ3) is 6.15. The Balaban J connectivity index is 1.24. The van der Waals surface area contributed by atoms with Gasteiger partial charge in [0.05, 0.1) is 24.9 Å². The van der Waals surface area contributed by atoms with E-state index >= 15 is 0 Å². The first-order chi connectivity index (χ1) is 21.5. The Morgan fingerprint density at radius 1 is 0.956 bits per heavy atom. The number of hydrogen-bond donors (Lipinski definition) is 1. The second-order valence-corrected chi connectivity index (χ2v) is 16.0. The summed E-state index contributed by atoms with van der Waals surface area (Å²) in [6, 6.07) is 19.9. The fourth-order valence-electron chi connectivity index (χ4n) is 5.83. The molecule has 1 saturated heterocycles. The number of benzene rings is 3. The number of hydrogen-bond acceptors (Lipinski definition) is 7. The van der Waals surface area contributed by atoms with E-state index in [1.807, 2.05) is 79.2 Å². The average Bonchev–Trinajstić information content (AvgIpc) is 3.37. The summed E-state index contributed by atoms with van der Waals surface area (Å²) in [5.41, 5.74) is 3.82. The average molecular weight is 643 g/mol. The molecule has 4 aromatic rings. The van der Waals surface area contributed by atoms with E-state index in [4.69, 9.17) is 21.3 Å². The molecular formula is C33H35ClN6O4Si. The van der Waals surface area contributed by atoms with Crippen LogP contribution in [0.15, 0.2) is 71.7 Å². The predicted molar refractivity (Wildman–Crippen MR) is 175 cm³/mol. The first kappa shape index (κ1) is 30.7. The topological polar surface area (TPSA) is 113 Å². The zero-order valence-electron chi connectivity index (χ0n) is 25.7. The van der Waals surface area contributed by atoms with Crippen LogP contribution in [0.2, 0.25) is 18.1 Å². The van der Waals surface area contributed by atoms with Gasteiger partial charge in [0.2, 0.25) is 14.2 Å². The van der Waals surface area contributed by atoms with Gasteiger partial charge in [-0.15, -0.1) is 10.2 Å². The van der Waals surface area contributed by atoms with E-state index < -0.39 is 14.4 Å². The molecule has 3 aromatic carbocycles. The third-order valence-electron chi connectivity index (χ3n) is 8.38. The molecule has 0 radical (unpaired) electrons. The van der Waals surface area contributed by atoms with E-state index in [0.717, 1.165) is 22.0 Å². The standard InChI is InChI=1S/C33H35ClN6O4Si/c1-21-36-37-32-28(35-31(22-5-9-24(34)10-6-22)27-19-25(44-2)11-14-29(27)40(21)32)20-30(41)38-15-17-39(18-16-38)33(42)23-7-12-26(13-8-23)45(3,4)43/h5-14,19,28,43H,15-18,20H2,1-4H3. The molecule has 2 aliphatic heterocycles. The number of aliphatic imine (C=N–C) groups is 1. The van der Waals surface area contributed by atoms with E-state index in [-0.39, 0.29) is 18.2 Å². The molecule has 1 fully saturated rings. The molecule has 0 spiro atoms. The Labute approximate surface area is 268 Å². The van der Waals surface area contributed by atoms with Crippen molar-refractivity contribution in [3.05, 3.63) is 100 Å². The SMILES string of the molecule is COc1ccc2c(c1)C(c1ccc(Cl)cc1)=NC(CC(=O)N1CCN(C(=O)c3ccc([Si](C)(C)O)cc3)CC1)c1nnc(C)n1-2. The Morgan fingerprint density at radius 2 is 1.62 bits per heavy atom. The molecular weight excluding hydrogens is 608 g/mol. The van der Waals surface area contributed by atoms with Crippen LogP contribution in [-0.2, 0) is 4.79 Å². The summed E-state index contributed by atoms with van der Waals surface area (Å²) in [6.07, 6.45) is 0.0938. The van der Waals surface area contributed by atoms with Crippen molar-refractivity contribution in [1.82, 2.24) is 24.6 Å². The Hall–Kier alpha value is -4.32. The minimum absolute atomic E-state index is 0.0680. The predicted octanol–water partition coefficient (Wildman–Crippen LogP) is 3.91. The summed E-state index contributed by atoms with van der Waals surface area (Å²) in [6.45, 7) is 7.27. The number of aryl methyl sites for hydroxylation is 1. The highest BCUT2D eigenvalue weighted by Crippen LogP contribution is 2.35. The summed E-state index contributed by atoms with van der Waals surface area (Å²) >= 11 is 6.21. The minimum atomic E-state index is -2.44. The highest BCUT2D eigenvalue weighted by molar-refractivity contribution is 6.83. The zero-order chi connectivity index (χ0) is 31.9. The normalized spacial score (nSPS) is 16.4. The number of carbonyl (C=O) groups excluding carboxylic acids is 2. The van der Waals surface area contributed by atoms with E-state index in [1.54, 1.807) is 29.0 Å². The van der Waals surface area contributed by atoms with Gasteiger partial charge in [0.15, 0.2) is 5.82 Å². The molecule has 12 heteroatoms. The number of amides is 2.